The summed E-state index contributed by atoms with van der Waals surface area (Å²) in [6, 6.07) is 8.78. The smallest absolute Gasteiger partial charge is 0.193 e. The topological polar surface area (TPSA) is 43.1 Å². The molecule has 0 atom stereocenters. The van der Waals surface area contributed by atoms with Gasteiger partial charge < -0.3 is 5.73 Å². The Kier molecular flexibility index (Phi) is 3.34. The number of halogens is 2. The molecule has 2 rings (SSSR count). The van der Waals surface area contributed by atoms with Gasteiger partial charge in [0.1, 0.15) is 5.82 Å². The molecule has 2 aromatic carbocycles. The van der Waals surface area contributed by atoms with E-state index >= 15 is 0 Å². The van der Waals surface area contributed by atoms with E-state index in [4.69, 9.17) is 17.3 Å². The number of rotatable bonds is 2. The van der Waals surface area contributed by atoms with Crippen LogP contribution in [0.1, 0.15) is 21.5 Å². The monoisotopic (exact) mass is 263 g/mol. The zero-order valence-electron chi connectivity index (χ0n) is 9.71. The molecule has 0 fully saturated rings. The van der Waals surface area contributed by atoms with Crippen LogP contribution in [0.25, 0.3) is 0 Å². The fraction of sp³-hybridized carbons (Fsp3) is 0.0714. The van der Waals surface area contributed by atoms with Gasteiger partial charge in [0.2, 0.25) is 0 Å². The first-order chi connectivity index (χ1) is 8.45. The summed E-state index contributed by atoms with van der Waals surface area (Å²) in [5.41, 5.74) is 7.35. The van der Waals surface area contributed by atoms with Crippen LogP contribution >= 0.6 is 11.6 Å². The molecule has 0 unspecified atom stereocenters. The Hall–Kier alpha value is -1.87. The maximum absolute atomic E-state index is 13.3. The Labute approximate surface area is 109 Å². The second kappa shape index (κ2) is 4.78. The fourth-order valence-corrected chi connectivity index (χ4v) is 2.02. The summed E-state index contributed by atoms with van der Waals surface area (Å²) in [6.07, 6.45) is 0. The molecule has 18 heavy (non-hydrogen) atoms. The number of ketones is 1. The molecule has 4 heteroatoms. The van der Waals surface area contributed by atoms with Crippen LogP contribution in [0.3, 0.4) is 0 Å². The second-order valence-electron chi connectivity index (χ2n) is 4.12. The van der Waals surface area contributed by atoms with Gasteiger partial charge in [-0.2, -0.15) is 0 Å². The Morgan fingerprint density at radius 1 is 1.11 bits per heavy atom. The van der Waals surface area contributed by atoms with Crippen molar-refractivity contribution in [3.8, 4) is 0 Å². The predicted molar refractivity (Wildman–Crippen MR) is 70.4 cm³/mol. The van der Waals surface area contributed by atoms with Gasteiger partial charge in [-0.1, -0.05) is 11.6 Å². The van der Waals surface area contributed by atoms with Gasteiger partial charge in [-0.15, -0.1) is 0 Å². The molecule has 2 nitrogen and oxygen atoms in total. The molecule has 0 aliphatic heterocycles. The average Bonchev–Trinajstić information content (AvgIpc) is 2.25. The second-order valence-corrected chi connectivity index (χ2v) is 4.56. The summed E-state index contributed by atoms with van der Waals surface area (Å²) >= 11 is 5.84. The van der Waals surface area contributed by atoms with E-state index in [0.29, 0.717) is 21.8 Å². The summed E-state index contributed by atoms with van der Waals surface area (Å²) in [7, 11) is 0. The van der Waals surface area contributed by atoms with Gasteiger partial charge in [0, 0.05) is 21.8 Å². The molecule has 92 valence electrons. The van der Waals surface area contributed by atoms with Crippen LogP contribution < -0.4 is 5.73 Å². The van der Waals surface area contributed by atoms with E-state index in [9.17, 15) is 9.18 Å². The summed E-state index contributed by atoms with van der Waals surface area (Å²) in [5, 5.41) is 0.381. The molecule has 0 saturated carbocycles. The lowest BCUT2D eigenvalue weighted by Crippen LogP contribution is -2.03. The molecule has 0 spiro atoms. The van der Waals surface area contributed by atoms with Gasteiger partial charge >= 0.3 is 0 Å². The van der Waals surface area contributed by atoms with Crippen LogP contribution in [0.4, 0.5) is 10.1 Å². The molecular weight excluding hydrogens is 253 g/mol. The molecule has 0 aliphatic rings. The van der Waals surface area contributed by atoms with Crippen molar-refractivity contribution < 1.29 is 9.18 Å². The third kappa shape index (κ3) is 2.68. The van der Waals surface area contributed by atoms with Gasteiger partial charge in [0.25, 0.3) is 0 Å². The molecular formula is C14H11ClFNO. The number of carbonyl (C=O) groups is 1. The van der Waals surface area contributed by atoms with Gasteiger partial charge in [-0.3, -0.25) is 4.79 Å². The number of carbonyl (C=O) groups excluding carboxylic acids is 1. The minimum Gasteiger partial charge on any atom is -0.399 e. The van der Waals surface area contributed by atoms with Crippen molar-refractivity contribution in [3.05, 3.63) is 63.9 Å². The number of hydrogen-bond acceptors (Lipinski definition) is 2. The van der Waals surface area contributed by atoms with Crippen LogP contribution in [-0.2, 0) is 0 Å². The fourth-order valence-electron chi connectivity index (χ4n) is 1.78. The summed E-state index contributed by atoms with van der Waals surface area (Å²) in [6.45, 7) is 1.73. The normalized spacial score (nSPS) is 10.4. The van der Waals surface area contributed by atoms with E-state index in [1.807, 2.05) is 0 Å². The highest BCUT2D eigenvalue weighted by molar-refractivity contribution is 6.31. The molecule has 2 N–H and O–H groups in total. The van der Waals surface area contributed by atoms with Crippen molar-refractivity contribution in [3.63, 3.8) is 0 Å². The van der Waals surface area contributed by atoms with Crippen LogP contribution in [-0.4, -0.2) is 5.78 Å². The lowest BCUT2D eigenvalue weighted by molar-refractivity contribution is 0.103. The zero-order chi connectivity index (χ0) is 13.3. The maximum atomic E-state index is 13.3. The maximum Gasteiger partial charge on any atom is 0.193 e. The predicted octanol–water partition coefficient (Wildman–Crippen LogP) is 3.60. The van der Waals surface area contributed by atoms with Gasteiger partial charge in [-0.25, -0.2) is 4.39 Å². The molecule has 0 bridgehead atoms. The van der Waals surface area contributed by atoms with Crippen molar-refractivity contribution in [2.24, 2.45) is 0 Å². The van der Waals surface area contributed by atoms with Gasteiger partial charge in [-0.05, 0) is 48.9 Å². The first-order valence-corrected chi connectivity index (χ1v) is 5.71. The van der Waals surface area contributed by atoms with Crippen LogP contribution in [0.5, 0.6) is 0 Å². The number of benzene rings is 2. The lowest BCUT2D eigenvalue weighted by Gasteiger charge is -2.05. The van der Waals surface area contributed by atoms with Crippen molar-refractivity contribution in [1.82, 2.24) is 0 Å². The quantitative estimate of drug-likeness (QED) is 0.664. The summed E-state index contributed by atoms with van der Waals surface area (Å²) in [4.78, 5) is 12.2. The number of aryl methyl sites for hydroxylation is 1. The van der Waals surface area contributed by atoms with Crippen LogP contribution in [0.2, 0.25) is 5.02 Å². The molecule has 0 radical (unpaired) electrons. The third-order valence-corrected chi connectivity index (χ3v) is 2.70. The van der Waals surface area contributed by atoms with E-state index in [-0.39, 0.29) is 11.3 Å². The van der Waals surface area contributed by atoms with Crippen LogP contribution in [0, 0.1) is 12.7 Å². The Morgan fingerprint density at radius 2 is 1.78 bits per heavy atom. The first kappa shape index (κ1) is 12.6. The Morgan fingerprint density at radius 3 is 2.39 bits per heavy atom. The van der Waals surface area contributed by atoms with E-state index < -0.39 is 5.82 Å². The van der Waals surface area contributed by atoms with Gasteiger partial charge in [0.05, 0.1) is 0 Å². The van der Waals surface area contributed by atoms with E-state index in [2.05, 4.69) is 0 Å². The van der Waals surface area contributed by atoms with Gasteiger partial charge in [0.15, 0.2) is 5.78 Å². The zero-order valence-corrected chi connectivity index (χ0v) is 10.5. The lowest BCUT2D eigenvalue weighted by atomic mass is 10.0. The third-order valence-electron chi connectivity index (χ3n) is 2.49. The minimum absolute atomic E-state index is 0.286. The van der Waals surface area contributed by atoms with E-state index in [1.165, 1.54) is 24.3 Å². The molecule has 0 amide bonds. The number of anilines is 1. The first-order valence-electron chi connectivity index (χ1n) is 5.33. The number of nitrogens with two attached hydrogens (primary N) is 1. The molecule has 0 saturated heterocycles. The van der Waals surface area contributed by atoms with Crippen molar-refractivity contribution >= 4 is 23.1 Å². The Bertz CT molecular complexity index is 531. The van der Waals surface area contributed by atoms with E-state index in [1.54, 1.807) is 19.1 Å². The molecule has 0 aliphatic carbocycles. The highest BCUT2D eigenvalue weighted by atomic mass is 35.5. The van der Waals surface area contributed by atoms with Crippen LogP contribution in [0.15, 0.2) is 36.4 Å². The molecule has 0 aromatic heterocycles. The highest BCUT2D eigenvalue weighted by Gasteiger charge is 2.12. The minimum atomic E-state index is -0.437. The van der Waals surface area contributed by atoms with Crippen molar-refractivity contribution in [2.45, 2.75) is 6.92 Å². The molecule has 0 heterocycles. The summed E-state index contributed by atoms with van der Waals surface area (Å²) < 4.78 is 13.3. The number of nitrogen functional groups attached to an aromatic ring is 1. The Balaban J connectivity index is 2.47. The highest BCUT2D eigenvalue weighted by Crippen LogP contribution is 2.20. The SMILES string of the molecule is Cc1cc(F)cc(C(=O)c2cc(N)cc(Cl)c2)c1. The average molecular weight is 264 g/mol. The molecule has 2 aromatic rings. The number of hydrogen-bond donors (Lipinski definition) is 1. The standard InChI is InChI=1S/C14H11ClFNO/c1-8-2-9(5-12(16)3-8)14(18)10-4-11(15)7-13(17)6-10/h2-7H,17H2,1H3. The van der Waals surface area contributed by atoms with Crippen molar-refractivity contribution in [1.29, 1.82) is 0 Å². The largest absolute Gasteiger partial charge is 0.399 e. The summed E-state index contributed by atoms with van der Waals surface area (Å²) in [5.74, 6) is -0.736. The van der Waals surface area contributed by atoms with E-state index in [0.717, 1.165) is 0 Å². The van der Waals surface area contributed by atoms with Crippen molar-refractivity contribution in [2.75, 3.05) is 5.73 Å².